The van der Waals surface area contributed by atoms with Gasteiger partial charge in [0.2, 0.25) is 0 Å². The van der Waals surface area contributed by atoms with Crippen molar-refractivity contribution in [2.75, 3.05) is 32.1 Å². The highest BCUT2D eigenvalue weighted by Crippen LogP contribution is 2.36. The Balaban J connectivity index is 2.01. The third-order valence-electron chi connectivity index (χ3n) is 4.07. The van der Waals surface area contributed by atoms with Crippen LogP contribution >= 0.6 is 0 Å². The molecule has 22 heavy (non-hydrogen) atoms. The van der Waals surface area contributed by atoms with Gasteiger partial charge in [-0.15, -0.1) is 0 Å². The van der Waals surface area contributed by atoms with E-state index in [4.69, 9.17) is 0 Å². The SMILES string of the molecule is C[C@@H](CN(C)C)CN1c2ccccc2C=Cc2ccccc21. The second kappa shape index (κ2) is 6.37. The van der Waals surface area contributed by atoms with Gasteiger partial charge in [0.25, 0.3) is 0 Å². The molecule has 1 atom stereocenters. The van der Waals surface area contributed by atoms with Gasteiger partial charge in [0, 0.05) is 24.5 Å². The minimum atomic E-state index is 0.592. The lowest BCUT2D eigenvalue weighted by molar-refractivity contribution is 0.343. The Morgan fingerprint density at radius 1 is 0.864 bits per heavy atom. The summed E-state index contributed by atoms with van der Waals surface area (Å²) >= 11 is 0. The van der Waals surface area contributed by atoms with Gasteiger partial charge in [-0.25, -0.2) is 0 Å². The molecule has 2 heteroatoms. The summed E-state index contributed by atoms with van der Waals surface area (Å²) in [4.78, 5) is 4.73. The maximum atomic E-state index is 2.47. The molecular formula is C20H24N2. The van der Waals surface area contributed by atoms with Crippen molar-refractivity contribution in [3.63, 3.8) is 0 Å². The number of hydrogen-bond donors (Lipinski definition) is 0. The fourth-order valence-corrected chi connectivity index (χ4v) is 3.25. The van der Waals surface area contributed by atoms with E-state index in [0.717, 1.165) is 13.1 Å². The van der Waals surface area contributed by atoms with Gasteiger partial charge in [0.1, 0.15) is 0 Å². The third kappa shape index (κ3) is 3.07. The van der Waals surface area contributed by atoms with E-state index in [2.05, 4.69) is 91.5 Å². The molecule has 0 N–H and O–H groups in total. The van der Waals surface area contributed by atoms with Crippen LogP contribution in [-0.4, -0.2) is 32.1 Å². The summed E-state index contributed by atoms with van der Waals surface area (Å²) in [6.45, 7) is 4.44. The Morgan fingerprint density at radius 2 is 1.36 bits per heavy atom. The zero-order chi connectivity index (χ0) is 15.5. The first-order valence-corrected chi connectivity index (χ1v) is 7.93. The lowest BCUT2D eigenvalue weighted by Crippen LogP contribution is -2.30. The number of nitrogens with zero attached hydrogens (tertiary/aromatic N) is 2. The van der Waals surface area contributed by atoms with E-state index < -0.39 is 0 Å². The van der Waals surface area contributed by atoms with E-state index in [-0.39, 0.29) is 0 Å². The summed E-state index contributed by atoms with van der Waals surface area (Å²) in [5, 5.41) is 0. The summed E-state index contributed by atoms with van der Waals surface area (Å²) in [6.07, 6.45) is 4.45. The Kier molecular flexibility index (Phi) is 4.30. The van der Waals surface area contributed by atoms with Crippen molar-refractivity contribution in [1.29, 1.82) is 0 Å². The Labute approximate surface area is 133 Å². The molecule has 114 valence electrons. The smallest absolute Gasteiger partial charge is 0.0484 e. The molecular weight excluding hydrogens is 268 g/mol. The average molecular weight is 292 g/mol. The molecule has 0 radical (unpaired) electrons. The molecule has 0 unspecified atom stereocenters. The third-order valence-corrected chi connectivity index (χ3v) is 4.07. The molecule has 1 heterocycles. The molecule has 0 bridgehead atoms. The largest absolute Gasteiger partial charge is 0.340 e. The zero-order valence-electron chi connectivity index (χ0n) is 13.7. The topological polar surface area (TPSA) is 6.48 Å². The lowest BCUT2D eigenvalue weighted by Gasteiger charge is -2.30. The Hall–Kier alpha value is -2.06. The molecule has 0 fully saturated rings. The molecule has 2 aromatic rings. The number of hydrogen-bond acceptors (Lipinski definition) is 2. The predicted molar refractivity (Wildman–Crippen MR) is 96.5 cm³/mol. The second-order valence-electron chi connectivity index (χ2n) is 6.43. The predicted octanol–water partition coefficient (Wildman–Crippen LogP) is 4.51. The molecule has 2 aromatic carbocycles. The van der Waals surface area contributed by atoms with Crippen molar-refractivity contribution >= 4 is 23.5 Å². The molecule has 1 aliphatic rings. The van der Waals surface area contributed by atoms with E-state index in [1.807, 2.05) is 0 Å². The second-order valence-corrected chi connectivity index (χ2v) is 6.43. The van der Waals surface area contributed by atoms with Crippen LogP contribution in [0.2, 0.25) is 0 Å². The van der Waals surface area contributed by atoms with Gasteiger partial charge in [-0.05, 0) is 43.3 Å². The van der Waals surface area contributed by atoms with Crippen LogP contribution in [0.5, 0.6) is 0 Å². The van der Waals surface area contributed by atoms with Crippen molar-refractivity contribution in [2.24, 2.45) is 5.92 Å². The quantitative estimate of drug-likeness (QED) is 0.818. The zero-order valence-corrected chi connectivity index (χ0v) is 13.7. The number of para-hydroxylation sites is 2. The molecule has 1 aliphatic heterocycles. The first-order valence-electron chi connectivity index (χ1n) is 7.93. The number of rotatable bonds is 4. The van der Waals surface area contributed by atoms with Crippen LogP contribution in [-0.2, 0) is 0 Å². The van der Waals surface area contributed by atoms with Crippen LogP contribution in [0.1, 0.15) is 18.1 Å². The maximum absolute atomic E-state index is 2.47. The lowest BCUT2D eigenvalue weighted by atomic mass is 10.1. The van der Waals surface area contributed by atoms with Crippen LogP contribution in [0.15, 0.2) is 48.5 Å². The minimum absolute atomic E-state index is 0.592. The van der Waals surface area contributed by atoms with Crippen LogP contribution in [0, 0.1) is 5.92 Å². The first-order chi connectivity index (χ1) is 10.6. The summed E-state index contributed by atoms with van der Waals surface area (Å²) < 4.78 is 0. The number of benzene rings is 2. The van der Waals surface area contributed by atoms with E-state index in [1.54, 1.807) is 0 Å². The van der Waals surface area contributed by atoms with E-state index >= 15 is 0 Å². The Morgan fingerprint density at radius 3 is 1.86 bits per heavy atom. The van der Waals surface area contributed by atoms with E-state index in [9.17, 15) is 0 Å². The monoisotopic (exact) mass is 292 g/mol. The number of fused-ring (bicyclic) bond motifs is 2. The van der Waals surface area contributed by atoms with Crippen LogP contribution in [0.3, 0.4) is 0 Å². The highest BCUT2D eigenvalue weighted by Gasteiger charge is 2.19. The summed E-state index contributed by atoms with van der Waals surface area (Å²) in [7, 11) is 4.28. The molecule has 0 spiro atoms. The van der Waals surface area contributed by atoms with Crippen molar-refractivity contribution in [1.82, 2.24) is 4.90 Å². The van der Waals surface area contributed by atoms with Crippen LogP contribution < -0.4 is 4.90 Å². The molecule has 0 amide bonds. The highest BCUT2D eigenvalue weighted by atomic mass is 15.2. The maximum Gasteiger partial charge on any atom is 0.0484 e. The number of anilines is 2. The average Bonchev–Trinajstić information content (AvgIpc) is 2.65. The molecule has 0 saturated heterocycles. The molecule has 0 aromatic heterocycles. The molecule has 0 aliphatic carbocycles. The van der Waals surface area contributed by atoms with Crippen LogP contribution in [0.4, 0.5) is 11.4 Å². The van der Waals surface area contributed by atoms with Gasteiger partial charge < -0.3 is 9.80 Å². The van der Waals surface area contributed by atoms with Gasteiger partial charge in [0.05, 0.1) is 0 Å². The summed E-state index contributed by atoms with van der Waals surface area (Å²) in [5.41, 5.74) is 5.18. The molecule has 3 rings (SSSR count). The van der Waals surface area contributed by atoms with E-state index in [1.165, 1.54) is 22.5 Å². The summed E-state index contributed by atoms with van der Waals surface area (Å²) in [5.74, 6) is 0.592. The standard InChI is InChI=1S/C20H24N2/c1-16(14-21(2)3)15-22-19-10-6-4-8-17(19)12-13-18-9-5-7-11-20(18)22/h4-13,16H,14-15H2,1-3H3/t16-/m0/s1. The van der Waals surface area contributed by atoms with Gasteiger partial charge in [0.15, 0.2) is 0 Å². The minimum Gasteiger partial charge on any atom is -0.340 e. The molecule has 0 saturated carbocycles. The van der Waals surface area contributed by atoms with Gasteiger partial charge in [-0.2, -0.15) is 0 Å². The van der Waals surface area contributed by atoms with Crippen molar-refractivity contribution in [3.8, 4) is 0 Å². The van der Waals surface area contributed by atoms with Crippen molar-refractivity contribution in [3.05, 3.63) is 59.7 Å². The molecule has 2 nitrogen and oxygen atoms in total. The van der Waals surface area contributed by atoms with E-state index in [0.29, 0.717) is 5.92 Å². The van der Waals surface area contributed by atoms with Crippen LogP contribution in [0.25, 0.3) is 12.2 Å². The van der Waals surface area contributed by atoms with Crippen molar-refractivity contribution < 1.29 is 0 Å². The highest BCUT2D eigenvalue weighted by molar-refractivity contribution is 5.88. The van der Waals surface area contributed by atoms with Gasteiger partial charge >= 0.3 is 0 Å². The van der Waals surface area contributed by atoms with Gasteiger partial charge in [-0.1, -0.05) is 55.5 Å². The van der Waals surface area contributed by atoms with Crippen molar-refractivity contribution in [2.45, 2.75) is 6.92 Å². The fourth-order valence-electron chi connectivity index (χ4n) is 3.25. The first kappa shape index (κ1) is 14.9. The summed E-state index contributed by atoms with van der Waals surface area (Å²) in [6, 6.07) is 17.3. The van der Waals surface area contributed by atoms with Gasteiger partial charge in [-0.3, -0.25) is 0 Å². The Bertz CT molecular complexity index is 623. The normalized spacial score (nSPS) is 14.5. The fraction of sp³-hybridized carbons (Fsp3) is 0.300.